The van der Waals surface area contributed by atoms with Crippen molar-refractivity contribution < 1.29 is 23.0 Å². The van der Waals surface area contributed by atoms with E-state index in [2.05, 4.69) is 4.99 Å². The van der Waals surface area contributed by atoms with Gasteiger partial charge in [-0.25, -0.2) is 13.8 Å². The molecule has 5 nitrogen and oxygen atoms in total. The van der Waals surface area contributed by atoms with E-state index >= 15 is 0 Å². The van der Waals surface area contributed by atoms with Crippen LogP contribution in [-0.4, -0.2) is 18.5 Å². The molecule has 0 atom stereocenters. The first-order valence-electron chi connectivity index (χ1n) is 9.82. The molecule has 0 amide bonds. The summed E-state index contributed by atoms with van der Waals surface area (Å²) in [6.45, 7) is 0.676. The highest BCUT2D eigenvalue weighted by atomic mass is 32.1. The van der Waals surface area contributed by atoms with Gasteiger partial charge in [0.05, 0.1) is 19.3 Å². The molecule has 3 aromatic carbocycles. The number of nitrogens with zero attached hydrogens (tertiary/aromatic N) is 2. The molecule has 5 rings (SSSR count). The maximum Gasteiger partial charge on any atom is 0.231 e. The molecule has 4 aromatic rings. The zero-order valence-electron chi connectivity index (χ0n) is 17.0. The van der Waals surface area contributed by atoms with Crippen molar-refractivity contribution in [3.05, 3.63) is 88.0 Å². The van der Waals surface area contributed by atoms with Gasteiger partial charge >= 0.3 is 0 Å². The second kappa shape index (κ2) is 8.47. The lowest BCUT2D eigenvalue weighted by Crippen LogP contribution is -2.16. The Hall–Kier alpha value is -3.65. The minimum atomic E-state index is -0.709. The quantitative estimate of drug-likeness (QED) is 0.401. The number of hydrogen-bond acceptors (Lipinski definition) is 5. The molecule has 0 fully saturated rings. The fourth-order valence-electron chi connectivity index (χ4n) is 3.46. The molecule has 1 aliphatic heterocycles. The van der Waals surface area contributed by atoms with Gasteiger partial charge in [-0.1, -0.05) is 6.07 Å². The second-order valence-electron chi connectivity index (χ2n) is 7.11. The number of ether oxygens (including phenoxy) is 3. The minimum Gasteiger partial charge on any atom is -0.497 e. The molecule has 1 aliphatic rings. The highest BCUT2D eigenvalue weighted by Crippen LogP contribution is 2.33. The average molecular weight is 452 g/mol. The highest BCUT2D eigenvalue weighted by molar-refractivity contribution is 7.07. The molecule has 0 saturated heterocycles. The Morgan fingerprint density at radius 2 is 1.81 bits per heavy atom. The second-order valence-corrected chi connectivity index (χ2v) is 7.95. The lowest BCUT2D eigenvalue weighted by molar-refractivity contribution is 0.174. The lowest BCUT2D eigenvalue weighted by Gasteiger charge is -2.11. The van der Waals surface area contributed by atoms with Crippen LogP contribution in [0, 0.1) is 11.6 Å². The van der Waals surface area contributed by atoms with Crippen LogP contribution in [0.4, 0.5) is 14.5 Å². The molecule has 8 heteroatoms. The molecule has 1 aromatic heterocycles. The number of fused-ring (bicyclic) bond motifs is 1. The molecule has 0 aliphatic carbocycles. The summed E-state index contributed by atoms with van der Waals surface area (Å²) in [7, 11) is 1.62. The van der Waals surface area contributed by atoms with E-state index in [0.717, 1.165) is 28.6 Å². The molecule has 0 saturated carbocycles. The monoisotopic (exact) mass is 452 g/mol. The lowest BCUT2D eigenvalue weighted by atomic mass is 10.1. The molecule has 0 N–H and O–H groups in total. The fourth-order valence-corrected chi connectivity index (χ4v) is 4.38. The summed E-state index contributed by atoms with van der Waals surface area (Å²) in [4.78, 5) is 5.07. The van der Waals surface area contributed by atoms with Gasteiger partial charge in [0.1, 0.15) is 17.3 Å². The number of benzene rings is 3. The molecule has 0 radical (unpaired) electrons. The van der Waals surface area contributed by atoms with Gasteiger partial charge in [-0.2, -0.15) is 0 Å². The van der Waals surface area contributed by atoms with Crippen molar-refractivity contribution in [1.82, 2.24) is 4.57 Å². The van der Waals surface area contributed by atoms with Gasteiger partial charge in [-0.05, 0) is 59.7 Å². The van der Waals surface area contributed by atoms with E-state index < -0.39 is 11.6 Å². The number of rotatable bonds is 5. The van der Waals surface area contributed by atoms with E-state index in [0.29, 0.717) is 22.8 Å². The maximum atomic E-state index is 14.3. The molecule has 0 unspecified atom stereocenters. The van der Waals surface area contributed by atoms with Crippen LogP contribution >= 0.6 is 11.3 Å². The van der Waals surface area contributed by atoms with E-state index in [9.17, 15) is 8.78 Å². The summed E-state index contributed by atoms with van der Waals surface area (Å²) >= 11 is 1.38. The molecular formula is C24H18F2N2O3S. The Labute approximate surface area is 186 Å². The smallest absolute Gasteiger partial charge is 0.231 e. The topological polar surface area (TPSA) is 45.0 Å². The van der Waals surface area contributed by atoms with Crippen LogP contribution in [0.1, 0.15) is 5.56 Å². The van der Waals surface area contributed by atoms with Gasteiger partial charge in [0.25, 0.3) is 0 Å². The Kier molecular flexibility index (Phi) is 5.36. The zero-order valence-corrected chi connectivity index (χ0v) is 17.9. The van der Waals surface area contributed by atoms with Crippen LogP contribution in [0.3, 0.4) is 0 Å². The van der Waals surface area contributed by atoms with Gasteiger partial charge in [-0.3, -0.25) is 0 Å². The largest absolute Gasteiger partial charge is 0.497 e. The van der Waals surface area contributed by atoms with Crippen LogP contribution < -0.4 is 19.0 Å². The molecular weight excluding hydrogens is 434 g/mol. The zero-order chi connectivity index (χ0) is 22.1. The van der Waals surface area contributed by atoms with Crippen LogP contribution in [0.25, 0.3) is 11.3 Å². The van der Waals surface area contributed by atoms with Crippen molar-refractivity contribution >= 4 is 17.0 Å². The molecule has 32 heavy (non-hydrogen) atoms. The fraction of sp³-hybridized carbons (Fsp3) is 0.125. The third kappa shape index (κ3) is 3.97. The maximum absolute atomic E-state index is 14.3. The number of methoxy groups -OCH3 is 1. The summed E-state index contributed by atoms with van der Waals surface area (Å²) in [5.41, 5.74) is 2.93. The Morgan fingerprint density at radius 3 is 2.59 bits per heavy atom. The van der Waals surface area contributed by atoms with Crippen molar-refractivity contribution in [3.63, 3.8) is 0 Å². The van der Waals surface area contributed by atoms with Gasteiger partial charge in [0.15, 0.2) is 22.1 Å². The Balaban J connectivity index is 1.61. The van der Waals surface area contributed by atoms with Crippen molar-refractivity contribution in [2.24, 2.45) is 4.99 Å². The molecule has 0 spiro atoms. The Morgan fingerprint density at radius 1 is 1.00 bits per heavy atom. The standard InChI is InChI=1S/C24H18F2N2O3S/c1-29-18-6-3-16(4-7-18)21-13-32-24(27-20-8-5-17(25)11-19(20)26)28(21)12-15-2-9-22-23(10-15)31-14-30-22/h2-11,13H,12,14H2,1H3. The molecule has 0 bridgehead atoms. The van der Waals surface area contributed by atoms with Crippen LogP contribution in [-0.2, 0) is 6.54 Å². The predicted molar refractivity (Wildman–Crippen MR) is 118 cm³/mol. The summed E-state index contributed by atoms with van der Waals surface area (Å²) < 4.78 is 45.8. The van der Waals surface area contributed by atoms with Gasteiger partial charge in [0.2, 0.25) is 6.79 Å². The first-order chi connectivity index (χ1) is 15.6. The van der Waals surface area contributed by atoms with E-state index in [1.165, 1.54) is 23.5 Å². The predicted octanol–water partition coefficient (Wildman–Crippen LogP) is 5.51. The van der Waals surface area contributed by atoms with E-state index in [1.807, 2.05) is 52.4 Å². The summed E-state index contributed by atoms with van der Waals surface area (Å²) in [5, 5.41) is 1.97. The summed E-state index contributed by atoms with van der Waals surface area (Å²) in [6, 6.07) is 16.8. The first kappa shape index (κ1) is 20.3. The van der Waals surface area contributed by atoms with Crippen molar-refractivity contribution in [3.8, 4) is 28.5 Å². The highest BCUT2D eigenvalue weighted by Gasteiger charge is 2.15. The SMILES string of the molecule is COc1ccc(-c2csc(=Nc3ccc(F)cc3F)n2Cc2ccc3c(c2)OCO3)cc1. The average Bonchev–Trinajstić information content (AvgIpc) is 3.42. The van der Waals surface area contributed by atoms with Crippen LogP contribution in [0.5, 0.6) is 17.2 Å². The van der Waals surface area contributed by atoms with Crippen LogP contribution in [0.2, 0.25) is 0 Å². The van der Waals surface area contributed by atoms with E-state index in [1.54, 1.807) is 7.11 Å². The van der Waals surface area contributed by atoms with E-state index in [4.69, 9.17) is 14.2 Å². The number of hydrogen-bond donors (Lipinski definition) is 0. The van der Waals surface area contributed by atoms with Crippen molar-refractivity contribution in [2.45, 2.75) is 6.54 Å². The third-order valence-corrected chi connectivity index (χ3v) is 5.95. The Bertz CT molecular complexity index is 1350. The van der Waals surface area contributed by atoms with Crippen LogP contribution in [0.15, 0.2) is 71.0 Å². The molecule has 162 valence electrons. The molecule has 2 heterocycles. The van der Waals surface area contributed by atoms with Crippen molar-refractivity contribution in [2.75, 3.05) is 13.9 Å². The van der Waals surface area contributed by atoms with E-state index in [-0.39, 0.29) is 12.5 Å². The normalized spacial score (nSPS) is 12.9. The third-order valence-electron chi connectivity index (χ3n) is 5.09. The first-order valence-corrected chi connectivity index (χ1v) is 10.7. The number of aromatic nitrogens is 1. The number of halogens is 2. The van der Waals surface area contributed by atoms with Gasteiger partial charge < -0.3 is 18.8 Å². The van der Waals surface area contributed by atoms with Crippen molar-refractivity contribution in [1.29, 1.82) is 0 Å². The summed E-state index contributed by atoms with van der Waals surface area (Å²) in [5.74, 6) is 0.800. The number of thiazole rings is 1. The van der Waals surface area contributed by atoms with Gasteiger partial charge in [0, 0.05) is 11.4 Å². The minimum absolute atomic E-state index is 0.0777. The van der Waals surface area contributed by atoms with Gasteiger partial charge in [-0.15, -0.1) is 11.3 Å². The summed E-state index contributed by atoms with van der Waals surface area (Å²) in [6.07, 6.45) is 0.